The second-order valence-electron chi connectivity index (χ2n) is 7.64. The van der Waals surface area contributed by atoms with Crippen LogP contribution in [-0.4, -0.2) is 40.3 Å². The minimum absolute atomic E-state index is 0.244. The van der Waals surface area contributed by atoms with Gasteiger partial charge in [-0.3, -0.25) is 4.79 Å². The van der Waals surface area contributed by atoms with Gasteiger partial charge in [-0.15, -0.1) is 0 Å². The second kappa shape index (κ2) is 8.69. The Labute approximate surface area is 154 Å². The smallest absolute Gasteiger partial charge is 0.408 e. The zero-order chi connectivity index (χ0) is 20.0. The van der Waals surface area contributed by atoms with Gasteiger partial charge in [-0.05, 0) is 53.0 Å². The van der Waals surface area contributed by atoms with Gasteiger partial charge in [0.25, 0.3) is 0 Å². The summed E-state index contributed by atoms with van der Waals surface area (Å²) in [6.07, 6.45) is 0.0137. The van der Waals surface area contributed by atoms with Crippen molar-refractivity contribution in [2.45, 2.75) is 64.6 Å². The van der Waals surface area contributed by atoms with Crippen LogP contribution in [0.5, 0.6) is 0 Å². The van der Waals surface area contributed by atoms with Gasteiger partial charge in [-0.2, -0.15) is 0 Å². The molecular weight excluding hydrogens is 336 g/mol. The average Bonchev–Trinajstić information content (AvgIpc) is 2.49. The number of aliphatic carboxylic acids is 1. The van der Waals surface area contributed by atoms with Gasteiger partial charge >= 0.3 is 12.1 Å². The quantitative estimate of drug-likeness (QED) is 0.689. The molecule has 3 N–H and O–H groups in total. The molecule has 0 aliphatic rings. The number of rotatable bonds is 7. The van der Waals surface area contributed by atoms with Crippen LogP contribution in [-0.2, 0) is 20.7 Å². The maximum atomic E-state index is 12.4. The summed E-state index contributed by atoms with van der Waals surface area (Å²) in [6, 6.07) is 8.37. The molecule has 0 heterocycles. The first kappa shape index (κ1) is 21.5. The third kappa shape index (κ3) is 7.55. The normalized spacial score (nSPS) is 12.8. The molecule has 0 aliphatic heterocycles. The molecule has 0 radical (unpaired) electrons. The van der Waals surface area contributed by atoms with Crippen molar-refractivity contribution in [1.29, 1.82) is 0 Å². The number of alkyl carbamates (subject to hydrolysis) is 1. The van der Waals surface area contributed by atoms with Crippen LogP contribution in [0.15, 0.2) is 30.3 Å². The molecule has 0 unspecified atom stereocenters. The summed E-state index contributed by atoms with van der Waals surface area (Å²) < 4.78 is 5.14. The van der Waals surface area contributed by atoms with Crippen LogP contribution in [0.3, 0.4) is 0 Å². The highest BCUT2D eigenvalue weighted by Crippen LogP contribution is 2.11. The highest BCUT2D eigenvalue weighted by molar-refractivity contribution is 5.92. The summed E-state index contributed by atoms with van der Waals surface area (Å²) >= 11 is 0. The van der Waals surface area contributed by atoms with Gasteiger partial charge < -0.3 is 20.5 Å². The fourth-order valence-corrected chi connectivity index (χ4v) is 2.17. The third-order valence-electron chi connectivity index (χ3n) is 3.55. The predicted molar refractivity (Wildman–Crippen MR) is 97.8 cm³/mol. The molecule has 26 heavy (non-hydrogen) atoms. The maximum absolute atomic E-state index is 12.4. The van der Waals surface area contributed by atoms with E-state index in [4.69, 9.17) is 4.74 Å². The number of carbonyl (C=O) groups excluding carboxylic acids is 2. The number of nitrogens with one attached hydrogen (secondary N) is 2. The zero-order valence-corrected chi connectivity index (χ0v) is 16.0. The van der Waals surface area contributed by atoms with E-state index < -0.39 is 35.2 Å². The lowest BCUT2D eigenvalue weighted by atomic mass is 10.0. The monoisotopic (exact) mass is 364 g/mol. The molecule has 2 amide bonds. The standard InChI is InChI=1S/C19H28N2O5/c1-18(2,3)26-17(25)21-19(4,5)16(24)20-14(15(22)23)12-11-13-9-7-6-8-10-13/h6-10,14H,11-12H2,1-5H3,(H,20,24)(H,21,25)(H,22,23)/t14-/m0/s1. The number of amides is 2. The highest BCUT2D eigenvalue weighted by Gasteiger charge is 2.34. The SMILES string of the molecule is CC(C)(C)OC(=O)NC(C)(C)C(=O)N[C@@H](CCc1ccccc1)C(=O)O. The maximum Gasteiger partial charge on any atom is 0.408 e. The first-order valence-electron chi connectivity index (χ1n) is 8.49. The number of ether oxygens (including phenoxy) is 1. The van der Waals surface area contributed by atoms with Gasteiger partial charge in [-0.1, -0.05) is 30.3 Å². The summed E-state index contributed by atoms with van der Waals surface area (Å²) in [6.45, 7) is 8.11. The second-order valence-corrected chi connectivity index (χ2v) is 7.64. The average molecular weight is 364 g/mol. The Hall–Kier alpha value is -2.57. The summed E-state index contributed by atoms with van der Waals surface area (Å²) in [7, 11) is 0. The Bertz CT molecular complexity index is 635. The van der Waals surface area contributed by atoms with Crippen molar-refractivity contribution in [2.75, 3.05) is 0 Å². The predicted octanol–water partition coefficient (Wildman–Crippen LogP) is 2.49. The van der Waals surface area contributed by atoms with E-state index in [0.29, 0.717) is 6.42 Å². The summed E-state index contributed by atoms with van der Waals surface area (Å²) in [5, 5.41) is 14.3. The van der Waals surface area contributed by atoms with E-state index in [1.165, 1.54) is 13.8 Å². The Balaban J connectivity index is 2.67. The van der Waals surface area contributed by atoms with Crippen LogP contribution < -0.4 is 10.6 Å². The van der Waals surface area contributed by atoms with Gasteiger partial charge in [0.1, 0.15) is 17.2 Å². The molecule has 0 saturated heterocycles. The van der Waals surface area contributed by atoms with E-state index in [0.717, 1.165) is 5.56 Å². The lowest BCUT2D eigenvalue weighted by molar-refractivity contribution is -0.142. The largest absolute Gasteiger partial charge is 0.480 e. The Morgan fingerprint density at radius 3 is 2.15 bits per heavy atom. The van der Waals surface area contributed by atoms with E-state index in [-0.39, 0.29) is 6.42 Å². The van der Waals surface area contributed by atoms with Crippen molar-refractivity contribution in [3.63, 3.8) is 0 Å². The molecule has 0 spiro atoms. The van der Waals surface area contributed by atoms with E-state index in [9.17, 15) is 19.5 Å². The minimum atomic E-state index is -1.32. The number of aryl methyl sites for hydroxylation is 1. The van der Waals surface area contributed by atoms with E-state index >= 15 is 0 Å². The Morgan fingerprint density at radius 1 is 1.08 bits per heavy atom. The van der Waals surface area contributed by atoms with Crippen molar-refractivity contribution >= 4 is 18.0 Å². The Morgan fingerprint density at radius 2 is 1.65 bits per heavy atom. The number of carboxylic acid groups (broad SMARTS) is 1. The van der Waals surface area contributed by atoms with E-state index in [1.807, 2.05) is 30.3 Å². The van der Waals surface area contributed by atoms with Gasteiger partial charge in [0.2, 0.25) is 5.91 Å². The molecule has 0 aliphatic carbocycles. The van der Waals surface area contributed by atoms with Crippen LogP contribution in [0.2, 0.25) is 0 Å². The topological polar surface area (TPSA) is 105 Å². The number of hydrogen-bond donors (Lipinski definition) is 3. The zero-order valence-electron chi connectivity index (χ0n) is 16.0. The number of hydrogen-bond acceptors (Lipinski definition) is 4. The molecule has 0 bridgehead atoms. The van der Waals surface area contributed by atoms with Crippen LogP contribution >= 0.6 is 0 Å². The van der Waals surface area contributed by atoms with Gasteiger partial charge in [0, 0.05) is 0 Å². The third-order valence-corrected chi connectivity index (χ3v) is 3.55. The number of benzene rings is 1. The molecular formula is C19H28N2O5. The molecule has 0 fully saturated rings. The van der Waals surface area contributed by atoms with Crippen molar-refractivity contribution < 1.29 is 24.2 Å². The van der Waals surface area contributed by atoms with Gasteiger partial charge in [0.05, 0.1) is 0 Å². The molecule has 7 heteroatoms. The van der Waals surface area contributed by atoms with Crippen molar-refractivity contribution in [1.82, 2.24) is 10.6 Å². The molecule has 144 valence electrons. The fraction of sp³-hybridized carbons (Fsp3) is 0.526. The van der Waals surface area contributed by atoms with Crippen molar-refractivity contribution in [3.8, 4) is 0 Å². The molecule has 1 aromatic carbocycles. The van der Waals surface area contributed by atoms with Crippen molar-refractivity contribution in [2.24, 2.45) is 0 Å². The van der Waals surface area contributed by atoms with E-state index in [2.05, 4.69) is 10.6 Å². The van der Waals surface area contributed by atoms with Crippen LogP contribution in [0.4, 0.5) is 4.79 Å². The van der Waals surface area contributed by atoms with Gasteiger partial charge in [-0.25, -0.2) is 9.59 Å². The van der Waals surface area contributed by atoms with E-state index in [1.54, 1.807) is 20.8 Å². The fourth-order valence-electron chi connectivity index (χ4n) is 2.17. The first-order valence-corrected chi connectivity index (χ1v) is 8.49. The summed E-state index contributed by atoms with van der Waals surface area (Å²) in [5.74, 6) is -1.72. The van der Waals surface area contributed by atoms with Crippen LogP contribution in [0.25, 0.3) is 0 Å². The highest BCUT2D eigenvalue weighted by atomic mass is 16.6. The minimum Gasteiger partial charge on any atom is -0.480 e. The molecule has 0 saturated carbocycles. The van der Waals surface area contributed by atoms with Crippen LogP contribution in [0.1, 0.15) is 46.6 Å². The first-order chi connectivity index (χ1) is 11.9. The number of carbonyl (C=O) groups is 3. The lowest BCUT2D eigenvalue weighted by Crippen LogP contribution is -2.58. The molecule has 0 aromatic heterocycles. The molecule has 1 atom stereocenters. The summed E-state index contributed by atoms with van der Waals surface area (Å²) in [5.41, 5.74) is -1.03. The Kier molecular flexibility index (Phi) is 7.18. The molecule has 1 aromatic rings. The number of carboxylic acids is 1. The van der Waals surface area contributed by atoms with Crippen molar-refractivity contribution in [3.05, 3.63) is 35.9 Å². The van der Waals surface area contributed by atoms with Crippen LogP contribution in [0, 0.1) is 0 Å². The molecule has 1 rings (SSSR count). The lowest BCUT2D eigenvalue weighted by Gasteiger charge is -2.29. The molecule has 7 nitrogen and oxygen atoms in total. The van der Waals surface area contributed by atoms with Gasteiger partial charge in [0.15, 0.2) is 0 Å². The summed E-state index contributed by atoms with van der Waals surface area (Å²) in [4.78, 5) is 35.8.